The summed E-state index contributed by atoms with van der Waals surface area (Å²) in [7, 11) is 0. The van der Waals surface area contributed by atoms with Gasteiger partial charge in [-0.05, 0) is 17.7 Å². The third-order valence-corrected chi connectivity index (χ3v) is 2.84. The van der Waals surface area contributed by atoms with Crippen molar-refractivity contribution in [2.45, 2.75) is 33.3 Å². The highest BCUT2D eigenvalue weighted by Gasteiger charge is 2.30. The Morgan fingerprint density at radius 2 is 1.88 bits per heavy atom. The molecule has 1 aromatic rings. The number of hydrogen-bond acceptors (Lipinski definition) is 3. The third kappa shape index (κ3) is 2.18. The molecule has 0 aliphatic carbocycles. The number of benzene rings is 1. The van der Waals surface area contributed by atoms with E-state index in [4.69, 9.17) is 10.6 Å². The highest BCUT2D eigenvalue weighted by Crippen LogP contribution is 2.33. The van der Waals surface area contributed by atoms with Crippen molar-refractivity contribution in [3.63, 3.8) is 0 Å². The molecule has 0 aromatic heterocycles. The van der Waals surface area contributed by atoms with Crippen LogP contribution in [0, 0.1) is 5.41 Å². The summed E-state index contributed by atoms with van der Waals surface area (Å²) in [6.45, 7) is 6.46. The van der Waals surface area contributed by atoms with E-state index in [-0.39, 0.29) is 11.5 Å². The molecule has 2 N–H and O–H groups in total. The van der Waals surface area contributed by atoms with Crippen LogP contribution in [0.3, 0.4) is 0 Å². The topological polar surface area (TPSA) is 47.6 Å². The van der Waals surface area contributed by atoms with Gasteiger partial charge in [0.15, 0.2) is 6.10 Å². The molecule has 2 rings (SSSR count). The highest BCUT2D eigenvalue weighted by molar-refractivity contribution is 5.90. The van der Waals surface area contributed by atoms with Crippen LogP contribution in [-0.4, -0.2) is 5.71 Å². The van der Waals surface area contributed by atoms with Crippen LogP contribution in [0.2, 0.25) is 0 Å². The number of anilines is 1. The van der Waals surface area contributed by atoms with E-state index in [0.29, 0.717) is 0 Å². The molecule has 1 unspecified atom stereocenters. The maximum atomic E-state index is 5.65. The lowest BCUT2D eigenvalue weighted by Gasteiger charge is -2.16. The van der Waals surface area contributed by atoms with Gasteiger partial charge in [-0.25, -0.2) is 0 Å². The van der Waals surface area contributed by atoms with Crippen LogP contribution < -0.4 is 5.73 Å². The molecule has 3 nitrogen and oxygen atoms in total. The number of nitrogens with zero attached hydrogens (tertiary/aromatic N) is 1. The maximum absolute atomic E-state index is 5.65. The molecule has 1 atom stereocenters. The lowest BCUT2D eigenvalue weighted by atomic mass is 9.86. The average Bonchev–Trinajstić information content (AvgIpc) is 2.67. The van der Waals surface area contributed by atoms with E-state index in [1.807, 2.05) is 24.3 Å². The van der Waals surface area contributed by atoms with Gasteiger partial charge in [0.1, 0.15) is 0 Å². The molecule has 0 amide bonds. The first-order valence-electron chi connectivity index (χ1n) is 5.55. The maximum Gasteiger partial charge on any atom is 0.157 e. The molecular weight excluding hydrogens is 200 g/mol. The molecule has 0 spiro atoms. The molecule has 0 saturated heterocycles. The Labute approximate surface area is 96.3 Å². The molecule has 86 valence electrons. The lowest BCUT2D eigenvalue weighted by molar-refractivity contribution is 0.0856. The van der Waals surface area contributed by atoms with Gasteiger partial charge in [-0.15, -0.1) is 0 Å². The van der Waals surface area contributed by atoms with Gasteiger partial charge in [0.05, 0.1) is 5.71 Å². The van der Waals surface area contributed by atoms with E-state index < -0.39 is 0 Å². The minimum absolute atomic E-state index is 0.0508. The lowest BCUT2D eigenvalue weighted by Crippen LogP contribution is -2.18. The van der Waals surface area contributed by atoms with E-state index in [9.17, 15) is 0 Å². The van der Waals surface area contributed by atoms with Crippen LogP contribution in [0.4, 0.5) is 5.69 Å². The Balaban J connectivity index is 2.09. The Bertz CT molecular complexity index is 401. The van der Waals surface area contributed by atoms with Gasteiger partial charge in [0.25, 0.3) is 0 Å². The Morgan fingerprint density at radius 1 is 1.25 bits per heavy atom. The van der Waals surface area contributed by atoms with E-state index in [2.05, 4.69) is 25.9 Å². The van der Waals surface area contributed by atoms with Crippen molar-refractivity contribution in [2.24, 2.45) is 10.6 Å². The summed E-state index contributed by atoms with van der Waals surface area (Å²) in [6, 6.07) is 7.80. The minimum Gasteiger partial charge on any atom is -0.399 e. The van der Waals surface area contributed by atoms with Crippen LogP contribution in [0.25, 0.3) is 0 Å². The first-order chi connectivity index (χ1) is 7.47. The normalized spacial score (nSPS) is 20.4. The summed E-state index contributed by atoms with van der Waals surface area (Å²) < 4.78 is 0. The van der Waals surface area contributed by atoms with E-state index in [1.54, 1.807) is 0 Å². The number of nitrogen functional groups attached to an aromatic ring is 1. The van der Waals surface area contributed by atoms with Crippen molar-refractivity contribution in [1.82, 2.24) is 0 Å². The molecule has 0 bridgehead atoms. The quantitative estimate of drug-likeness (QED) is 0.736. The fourth-order valence-electron chi connectivity index (χ4n) is 1.71. The summed E-state index contributed by atoms with van der Waals surface area (Å²) in [5.74, 6) is 0. The standard InChI is InChI=1S/C13H18N2O/c1-13(2,3)12-8-11(16-15-12)9-4-6-10(14)7-5-9/h4-7,11H,8,14H2,1-3H3. The average molecular weight is 218 g/mol. The summed E-state index contributed by atoms with van der Waals surface area (Å²) in [4.78, 5) is 5.47. The molecule has 1 aliphatic rings. The number of oxime groups is 1. The van der Waals surface area contributed by atoms with Gasteiger partial charge in [-0.2, -0.15) is 0 Å². The predicted octanol–water partition coefficient (Wildman–Crippen LogP) is 3.13. The number of rotatable bonds is 1. The molecule has 3 heteroatoms. The van der Waals surface area contributed by atoms with E-state index in [1.165, 1.54) is 0 Å². The largest absolute Gasteiger partial charge is 0.399 e. The minimum atomic E-state index is 0.0508. The van der Waals surface area contributed by atoms with Gasteiger partial charge in [0, 0.05) is 17.5 Å². The Hall–Kier alpha value is -1.51. The molecule has 0 saturated carbocycles. The van der Waals surface area contributed by atoms with Crippen molar-refractivity contribution in [3.8, 4) is 0 Å². The van der Waals surface area contributed by atoms with Crippen molar-refractivity contribution in [2.75, 3.05) is 5.73 Å². The van der Waals surface area contributed by atoms with Gasteiger partial charge in [0.2, 0.25) is 0 Å². The van der Waals surface area contributed by atoms with Gasteiger partial charge < -0.3 is 10.6 Å². The smallest absolute Gasteiger partial charge is 0.157 e. The van der Waals surface area contributed by atoms with Crippen LogP contribution in [0.5, 0.6) is 0 Å². The highest BCUT2D eigenvalue weighted by atomic mass is 16.6. The SMILES string of the molecule is CC(C)(C)C1=NOC(c2ccc(N)cc2)C1. The van der Waals surface area contributed by atoms with Gasteiger partial charge in [-0.1, -0.05) is 38.1 Å². The fraction of sp³-hybridized carbons (Fsp3) is 0.462. The zero-order valence-electron chi connectivity index (χ0n) is 10.0. The molecule has 1 heterocycles. The van der Waals surface area contributed by atoms with E-state index >= 15 is 0 Å². The second-order valence-corrected chi connectivity index (χ2v) is 5.25. The molecule has 0 fully saturated rings. The first kappa shape index (κ1) is 11.0. The van der Waals surface area contributed by atoms with Gasteiger partial charge in [-0.3, -0.25) is 0 Å². The van der Waals surface area contributed by atoms with Crippen molar-refractivity contribution >= 4 is 11.4 Å². The zero-order chi connectivity index (χ0) is 11.8. The van der Waals surface area contributed by atoms with Crippen LogP contribution in [-0.2, 0) is 4.84 Å². The van der Waals surface area contributed by atoms with Gasteiger partial charge >= 0.3 is 0 Å². The number of nitrogens with two attached hydrogens (primary N) is 1. The summed E-state index contributed by atoms with van der Waals surface area (Å²) in [5, 5.41) is 4.17. The van der Waals surface area contributed by atoms with Crippen molar-refractivity contribution in [1.29, 1.82) is 0 Å². The first-order valence-corrected chi connectivity index (χ1v) is 5.55. The molecule has 16 heavy (non-hydrogen) atoms. The summed E-state index contributed by atoms with van der Waals surface area (Å²) in [5.41, 5.74) is 8.77. The van der Waals surface area contributed by atoms with Crippen LogP contribution in [0.1, 0.15) is 38.9 Å². The van der Waals surface area contributed by atoms with Crippen molar-refractivity contribution in [3.05, 3.63) is 29.8 Å². The van der Waals surface area contributed by atoms with Crippen LogP contribution >= 0.6 is 0 Å². The Morgan fingerprint density at radius 3 is 2.38 bits per heavy atom. The fourth-order valence-corrected chi connectivity index (χ4v) is 1.71. The summed E-state index contributed by atoms with van der Waals surface area (Å²) in [6.07, 6.45) is 0.919. The second kappa shape index (κ2) is 3.81. The number of hydrogen-bond donors (Lipinski definition) is 1. The molecule has 1 aliphatic heterocycles. The summed E-state index contributed by atoms with van der Waals surface area (Å²) >= 11 is 0. The molecule has 1 aromatic carbocycles. The third-order valence-electron chi connectivity index (χ3n) is 2.84. The molecule has 0 radical (unpaired) electrons. The van der Waals surface area contributed by atoms with E-state index in [0.717, 1.165) is 23.4 Å². The molecular formula is C13H18N2O. The van der Waals surface area contributed by atoms with Crippen LogP contribution in [0.15, 0.2) is 29.4 Å². The Kier molecular flexibility index (Phi) is 2.62. The van der Waals surface area contributed by atoms with Crippen molar-refractivity contribution < 1.29 is 4.84 Å². The predicted molar refractivity (Wildman–Crippen MR) is 66.2 cm³/mol. The second-order valence-electron chi connectivity index (χ2n) is 5.25. The monoisotopic (exact) mass is 218 g/mol. The zero-order valence-corrected chi connectivity index (χ0v) is 10.0.